The Morgan fingerprint density at radius 3 is 2.34 bits per heavy atom. The number of thioether (sulfide) groups is 1. The van der Waals surface area contributed by atoms with Gasteiger partial charge in [-0.25, -0.2) is 0 Å². The highest BCUT2D eigenvalue weighted by atomic mass is 35.5. The second kappa shape index (κ2) is 10.5. The minimum absolute atomic E-state index is 0.0371. The number of halogens is 2. The topological polar surface area (TPSA) is 78.3 Å². The van der Waals surface area contributed by atoms with Gasteiger partial charge in [0.25, 0.3) is 0 Å². The summed E-state index contributed by atoms with van der Waals surface area (Å²) in [7, 11) is 3.13. The SMILES string of the molecule is COc1ccc(-n2c(SC(C)C(=O)NC(C)C)nnc2-c2cc(Cl)ccc2OC)cc1Cl. The van der Waals surface area contributed by atoms with Crippen molar-refractivity contribution in [2.45, 2.75) is 37.2 Å². The van der Waals surface area contributed by atoms with Crippen LogP contribution < -0.4 is 14.8 Å². The number of benzene rings is 2. The highest BCUT2D eigenvalue weighted by Gasteiger charge is 2.24. The van der Waals surface area contributed by atoms with E-state index >= 15 is 0 Å². The largest absolute Gasteiger partial charge is 0.496 e. The van der Waals surface area contributed by atoms with Gasteiger partial charge in [-0.3, -0.25) is 9.36 Å². The number of amides is 1. The van der Waals surface area contributed by atoms with Crippen molar-refractivity contribution in [2.24, 2.45) is 0 Å². The molecular formula is C22H24Cl2N4O3S. The van der Waals surface area contributed by atoms with Crippen molar-refractivity contribution in [3.63, 3.8) is 0 Å². The summed E-state index contributed by atoms with van der Waals surface area (Å²) in [5.41, 5.74) is 1.36. The van der Waals surface area contributed by atoms with Crippen LogP contribution in [0.15, 0.2) is 41.6 Å². The Labute approximate surface area is 201 Å². The van der Waals surface area contributed by atoms with Crippen LogP contribution in [0.25, 0.3) is 17.1 Å². The van der Waals surface area contributed by atoms with Crippen molar-refractivity contribution < 1.29 is 14.3 Å². The molecule has 170 valence electrons. The summed E-state index contributed by atoms with van der Waals surface area (Å²) >= 11 is 14.0. The predicted molar refractivity (Wildman–Crippen MR) is 129 cm³/mol. The van der Waals surface area contributed by atoms with Crippen molar-refractivity contribution in [1.29, 1.82) is 0 Å². The van der Waals surface area contributed by atoms with Gasteiger partial charge in [0.2, 0.25) is 5.91 Å². The van der Waals surface area contributed by atoms with E-state index in [2.05, 4.69) is 15.5 Å². The number of hydrogen-bond donors (Lipinski definition) is 1. The molecule has 0 fully saturated rings. The minimum atomic E-state index is -0.400. The van der Waals surface area contributed by atoms with E-state index < -0.39 is 5.25 Å². The number of carbonyl (C=O) groups is 1. The fourth-order valence-electron chi connectivity index (χ4n) is 3.02. The van der Waals surface area contributed by atoms with Crippen LogP contribution in [0.3, 0.4) is 0 Å². The summed E-state index contributed by atoms with van der Waals surface area (Å²) < 4.78 is 12.6. The lowest BCUT2D eigenvalue weighted by atomic mass is 10.2. The van der Waals surface area contributed by atoms with Crippen LogP contribution in [0, 0.1) is 0 Å². The lowest BCUT2D eigenvalue weighted by Gasteiger charge is -2.16. The molecule has 3 aromatic rings. The Bertz CT molecular complexity index is 1120. The third-order valence-electron chi connectivity index (χ3n) is 4.51. The van der Waals surface area contributed by atoms with Gasteiger partial charge in [0.05, 0.1) is 35.7 Å². The number of rotatable bonds is 8. The molecule has 0 aliphatic carbocycles. The Hall–Kier alpha value is -2.42. The molecule has 7 nitrogen and oxygen atoms in total. The Morgan fingerprint density at radius 2 is 1.72 bits per heavy atom. The lowest BCUT2D eigenvalue weighted by molar-refractivity contribution is -0.120. The van der Waals surface area contributed by atoms with Crippen molar-refractivity contribution in [2.75, 3.05) is 14.2 Å². The van der Waals surface area contributed by atoms with E-state index in [1.165, 1.54) is 11.8 Å². The van der Waals surface area contributed by atoms with Crippen LogP contribution in [0.2, 0.25) is 10.0 Å². The van der Waals surface area contributed by atoms with Crippen LogP contribution in [-0.4, -0.2) is 46.2 Å². The molecule has 1 N–H and O–H groups in total. The second-order valence-corrected chi connectivity index (χ2v) is 9.38. The van der Waals surface area contributed by atoms with Gasteiger partial charge in [-0.2, -0.15) is 0 Å². The first-order chi connectivity index (χ1) is 15.2. The molecule has 1 aromatic heterocycles. The molecule has 0 bridgehead atoms. The van der Waals surface area contributed by atoms with Crippen molar-refractivity contribution in [3.05, 3.63) is 46.4 Å². The van der Waals surface area contributed by atoms with Gasteiger partial charge >= 0.3 is 0 Å². The van der Waals surface area contributed by atoms with Crippen LogP contribution in [0.1, 0.15) is 20.8 Å². The number of nitrogens with one attached hydrogen (secondary N) is 1. The van der Waals surface area contributed by atoms with Gasteiger partial charge in [-0.1, -0.05) is 35.0 Å². The zero-order valence-electron chi connectivity index (χ0n) is 18.3. The summed E-state index contributed by atoms with van der Waals surface area (Å²) in [6.45, 7) is 5.66. The number of carbonyl (C=O) groups excluding carboxylic acids is 1. The third-order valence-corrected chi connectivity index (χ3v) is 6.08. The zero-order chi connectivity index (χ0) is 23.4. The van der Waals surface area contributed by atoms with Crippen LogP contribution in [0.4, 0.5) is 0 Å². The van der Waals surface area contributed by atoms with Gasteiger partial charge < -0.3 is 14.8 Å². The monoisotopic (exact) mass is 494 g/mol. The summed E-state index contributed by atoms with van der Waals surface area (Å²) in [6.07, 6.45) is 0. The van der Waals surface area contributed by atoms with E-state index in [9.17, 15) is 4.79 Å². The molecule has 10 heteroatoms. The van der Waals surface area contributed by atoms with E-state index in [1.54, 1.807) is 44.6 Å². The number of aromatic nitrogens is 3. The number of hydrogen-bond acceptors (Lipinski definition) is 6. The number of ether oxygens (including phenoxy) is 2. The summed E-state index contributed by atoms with van der Waals surface area (Å²) in [5.74, 6) is 1.55. The molecule has 0 aliphatic rings. The maximum atomic E-state index is 12.5. The van der Waals surface area contributed by atoms with Gasteiger partial charge in [-0.15, -0.1) is 10.2 Å². The lowest BCUT2D eigenvalue weighted by Crippen LogP contribution is -2.36. The molecule has 1 heterocycles. The highest BCUT2D eigenvalue weighted by Crippen LogP contribution is 2.37. The number of methoxy groups -OCH3 is 2. The van der Waals surface area contributed by atoms with Gasteiger partial charge in [0, 0.05) is 11.1 Å². The first-order valence-electron chi connectivity index (χ1n) is 9.85. The van der Waals surface area contributed by atoms with E-state index in [1.807, 2.05) is 31.4 Å². The van der Waals surface area contributed by atoms with Crippen molar-refractivity contribution in [3.8, 4) is 28.6 Å². The molecule has 0 aliphatic heterocycles. The Kier molecular flexibility index (Phi) is 7.92. The van der Waals surface area contributed by atoms with Crippen LogP contribution >= 0.6 is 35.0 Å². The standard InChI is InChI=1S/C22H24Cl2N4O3S/c1-12(2)25-21(29)13(3)32-22-27-26-20(16-10-14(23)6-8-18(16)30-4)28(22)15-7-9-19(31-5)17(24)11-15/h6-13H,1-5H3,(H,25,29). The Balaban J connectivity index is 2.14. The first-order valence-corrected chi connectivity index (χ1v) is 11.5. The van der Waals surface area contributed by atoms with Crippen LogP contribution in [0.5, 0.6) is 11.5 Å². The predicted octanol–water partition coefficient (Wildman–Crippen LogP) is 5.26. The zero-order valence-corrected chi connectivity index (χ0v) is 20.7. The normalized spacial score (nSPS) is 12.0. The third kappa shape index (κ3) is 5.31. The fourth-order valence-corrected chi connectivity index (χ4v) is 4.32. The first kappa shape index (κ1) is 24.2. The molecule has 0 spiro atoms. The molecule has 1 unspecified atom stereocenters. The van der Waals surface area contributed by atoms with Gasteiger partial charge in [-0.05, 0) is 57.2 Å². The smallest absolute Gasteiger partial charge is 0.233 e. The quantitative estimate of drug-likeness (QED) is 0.430. The molecule has 3 rings (SSSR count). The Morgan fingerprint density at radius 1 is 1.03 bits per heavy atom. The average molecular weight is 495 g/mol. The number of nitrogens with zero attached hydrogens (tertiary/aromatic N) is 3. The fraction of sp³-hybridized carbons (Fsp3) is 0.318. The maximum absolute atomic E-state index is 12.5. The molecule has 0 radical (unpaired) electrons. The van der Waals surface area contributed by atoms with E-state index in [0.717, 1.165) is 0 Å². The van der Waals surface area contributed by atoms with E-state index in [-0.39, 0.29) is 11.9 Å². The molecule has 32 heavy (non-hydrogen) atoms. The van der Waals surface area contributed by atoms with E-state index in [0.29, 0.717) is 43.8 Å². The summed E-state index contributed by atoms with van der Waals surface area (Å²) in [5, 5.41) is 12.8. The summed E-state index contributed by atoms with van der Waals surface area (Å²) in [6, 6.07) is 10.7. The second-order valence-electron chi connectivity index (χ2n) is 7.23. The minimum Gasteiger partial charge on any atom is -0.496 e. The molecular weight excluding hydrogens is 471 g/mol. The van der Waals surface area contributed by atoms with Gasteiger partial charge in [0.1, 0.15) is 11.5 Å². The molecule has 0 saturated carbocycles. The molecule has 2 aromatic carbocycles. The van der Waals surface area contributed by atoms with Crippen LogP contribution in [-0.2, 0) is 4.79 Å². The molecule has 1 amide bonds. The van der Waals surface area contributed by atoms with Crippen molar-refractivity contribution >= 4 is 40.9 Å². The van der Waals surface area contributed by atoms with Gasteiger partial charge in [0.15, 0.2) is 11.0 Å². The highest BCUT2D eigenvalue weighted by molar-refractivity contribution is 8.00. The summed E-state index contributed by atoms with van der Waals surface area (Å²) in [4.78, 5) is 12.5. The van der Waals surface area contributed by atoms with E-state index in [4.69, 9.17) is 32.7 Å². The average Bonchev–Trinajstić information content (AvgIpc) is 3.16. The van der Waals surface area contributed by atoms with Crippen molar-refractivity contribution in [1.82, 2.24) is 20.1 Å². The molecule has 0 saturated heterocycles. The maximum Gasteiger partial charge on any atom is 0.233 e. The molecule has 1 atom stereocenters.